The summed E-state index contributed by atoms with van der Waals surface area (Å²) in [6.07, 6.45) is -0.432. The van der Waals surface area contributed by atoms with Crippen molar-refractivity contribution in [2.24, 2.45) is 5.92 Å². The fraction of sp³-hybridized carbons (Fsp3) is 0.368. The molecule has 3 atom stereocenters. The van der Waals surface area contributed by atoms with Crippen molar-refractivity contribution in [2.45, 2.75) is 32.0 Å². The van der Waals surface area contributed by atoms with Crippen molar-refractivity contribution in [2.75, 3.05) is 6.54 Å². The van der Waals surface area contributed by atoms with Crippen LogP contribution in [0.2, 0.25) is 0 Å². The minimum Gasteiger partial charge on any atom is -0.465 e. The molecular formula is C19H21ClN2O3. The number of nitrogens with one attached hydrogen (secondary N) is 1. The molecule has 1 unspecified atom stereocenters. The number of hydrogen-bond acceptors (Lipinski definition) is 3. The highest BCUT2D eigenvalue weighted by Gasteiger charge is 2.38. The van der Waals surface area contributed by atoms with Gasteiger partial charge in [0.05, 0.1) is 12.1 Å². The van der Waals surface area contributed by atoms with E-state index >= 15 is 0 Å². The molecule has 3 rings (SSSR count). The first-order chi connectivity index (χ1) is 12.0. The Kier molecular flexibility index (Phi) is 5.25. The van der Waals surface area contributed by atoms with Crippen LogP contribution in [0.15, 0.2) is 42.5 Å². The van der Waals surface area contributed by atoms with Crippen molar-refractivity contribution in [1.29, 1.82) is 0 Å². The number of likely N-dealkylation sites (tertiary alicyclic amines) is 1. The number of carbonyl (C=O) groups is 2. The number of hydrogen-bond donors (Lipinski definition) is 2. The smallest absolute Gasteiger partial charge is 0.408 e. The lowest BCUT2D eigenvalue weighted by Crippen LogP contribution is -2.57. The van der Waals surface area contributed by atoms with Crippen LogP contribution in [0, 0.1) is 5.92 Å². The molecule has 0 radical (unpaired) electrons. The second-order valence-electron chi connectivity index (χ2n) is 6.43. The summed E-state index contributed by atoms with van der Waals surface area (Å²) in [4.78, 5) is 24.7. The maximum atomic E-state index is 11.8. The van der Waals surface area contributed by atoms with Crippen molar-refractivity contribution in [3.8, 4) is 0 Å². The predicted molar refractivity (Wildman–Crippen MR) is 97.6 cm³/mol. The third-order valence-corrected chi connectivity index (χ3v) is 5.16. The van der Waals surface area contributed by atoms with Crippen LogP contribution in [0.4, 0.5) is 4.79 Å². The number of rotatable bonds is 4. The van der Waals surface area contributed by atoms with Gasteiger partial charge in [0.2, 0.25) is 5.24 Å². The molecule has 1 aliphatic rings. The molecule has 2 aromatic rings. The van der Waals surface area contributed by atoms with Crippen molar-refractivity contribution in [3.05, 3.63) is 48.0 Å². The van der Waals surface area contributed by atoms with Crippen molar-refractivity contribution >= 4 is 33.7 Å². The van der Waals surface area contributed by atoms with E-state index in [-0.39, 0.29) is 6.04 Å². The number of fused-ring (bicyclic) bond motifs is 1. The van der Waals surface area contributed by atoms with Crippen LogP contribution in [0.1, 0.15) is 31.4 Å². The monoisotopic (exact) mass is 360 g/mol. The maximum Gasteiger partial charge on any atom is 0.408 e. The van der Waals surface area contributed by atoms with Crippen LogP contribution in [0.3, 0.4) is 0 Å². The van der Waals surface area contributed by atoms with Crippen LogP contribution >= 0.6 is 11.6 Å². The summed E-state index contributed by atoms with van der Waals surface area (Å²) >= 11 is 5.75. The van der Waals surface area contributed by atoms with Gasteiger partial charge < -0.3 is 5.11 Å². The first-order valence-electron chi connectivity index (χ1n) is 8.41. The maximum absolute atomic E-state index is 11.8. The molecule has 6 heteroatoms. The fourth-order valence-electron chi connectivity index (χ4n) is 3.63. The zero-order chi connectivity index (χ0) is 18.0. The predicted octanol–water partition coefficient (Wildman–Crippen LogP) is 3.97. The Morgan fingerprint density at radius 3 is 2.68 bits per heavy atom. The van der Waals surface area contributed by atoms with Gasteiger partial charge in [0, 0.05) is 12.6 Å². The topological polar surface area (TPSA) is 69.6 Å². The molecule has 1 amide bonds. The summed E-state index contributed by atoms with van der Waals surface area (Å²) < 4.78 is 0. The molecule has 1 heterocycles. The van der Waals surface area contributed by atoms with Crippen molar-refractivity contribution < 1.29 is 14.7 Å². The van der Waals surface area contributed by atoms with Gasteiger partial charge in [-0.1, -0.05) is 42.5 Å². The Bertz CT molecular complexity index is 768. The number of carboxylic acid groups (broad SMARTS) is 1. The summed E-state index contributed by atoms with van der Waals surface area (Å²) in [6.45, 7) is 2.38. The number of halogens is 1. The molecule has 5 nitrogen and oxygen atoms in total. The van der Waals surface area contributed by atoms with E-state index in [4.69, 9.17) is 11.6 Å². The SMILES string of the molecule is C[C@@H](N[C@@H]1C(C(=O)Cl)CCCN1C(=O)O)c1cccc2ccccc12. The van der Waals surface area contributed by atoms with E-state index in [2.05, 4.69) is 5.32 Å². The molecule has 2 aromatic carbocycles. The highest BCUT2D eigenvalue weighted by Crippen LogP contribution is 2.29. The van der Waals surface area contributed by atoms with E-state index in [9.17, 15) is 14.7 Å². The average Bonchev–Trinajstić information content (AvgIpc) is 2.60. The summed E-state index contributed by atoms with van der Waals surface area (Å²) in [6, 6.07) is 14.0. The summed E-state index contributed by atoms with van der Waals surface area (Å²) in [5.74, 6) is -0.538. The Hall–Kier alpha value is -2.11. The van der Waals surface area contributed by atoms with Crippen LogP contribution in [-0.2, 0) is 4.79 Å². The summed E-state index contributed by atoms with van der Waals surface area (Å²) in [7, 11) is 0. The number of piperidine rings is 1. The Morgan fingerprint density at radius 2 is 1.96 bits per heavy atom. The van der Waals surface area contributed by atoms with Crippen LogP contribution < -0.4 is 5.32 Å². The van der Waals surface area contributed by atoms with Gasteiger partial charge in [0.1, 0.15) is 0 Å². The third kappa shape index (κ3) is 3.62. The van der Waals surface area contributed by atoms with E-state index in [1.54, 1.807) is 0 Å². The lowest BCUT2D eigenvalue weighted by molar-refractivity contribution is -0.119. The van der Waals surface area contributed by atoms with E-state index < -0.39 is 23.4 Å². The van der Waals surface area contributed by atoms with Gasteiger partial charge in [-0.2, -0.15) is 0 Å². The molecule has 1 aliphatic heterocycles. The Balaban J connectivity index is 1.91. The first-order valence-corrected chi connectivity index (χ1v) is 8.79. The third-order valence-electron chi connectivity index (χ3n) is 4.88. The Labute approximate surface area is 151 Å². The van der Waals surface area contributed by atoms with E-state index in [1.165, 1.54) is 4.90 Å². The quantitative estimate of drug-likeness (QED) is 0.809. The van der Waals surface area contributed by atoms with Crippen LogP contribution in [0.5, 0.6) is 0 Å². The van der Waals surface area contributed by atoms with Gasteiger partial charge in [-0.25, -0.2) is 4.79 Å². The minimum atomic E-state index is -1.04. The van der Waals surface area contributed by atoms with Crippen LogP contribution in [0.25, 0.3) is 10.8 Å². The summed E-state index contributed by atoms with van der Waals surface area (Å²) in [5, 5.41) is 14.6. The molecule has 0 spiro atoms. The first kappa shape index (κ1) is 17.7. The molecule has 0 saturated carbocycles. The van der Waals surface area contributed by atoms with E-state index in [1.807, 2.05) is 49.4 Å². The lowest BCUT2D eigenvalue weighted by Gasteiger charge is -2.40. The van der Waals surface area contributed by atoms with Gasteiger partial charge in [-0.15, -0.1) is 0 Å². The van der Waals surface area contributed by atoms with Crippen molar-refractivity contribution in [1.82, 2.24) is 10.2 Å². The van der Waals surface area contributed by atoms with Gasteiger partial charge in [0.15, 0.2) is 0 Å². The zero-order valence-corrected chi connectivity index (χ0v) is 14.7. The highest BCUT2D eigenvalue weighted by molar-refractivity contribution is 6.64. The largest absolute Gasteiger partial charge is 0.465 e. The molecule has 0 aromatic heterocycles. The van der Waals surface area contributed by atoms with E-state index in [0.29, 0.717) is 19.4 Å². The van der Waals surface area contributed by atoms with Gasteiger partial charge in [0.25, 0.3) is 0 Å². The highest BCUT2D eigenvalue weighted by atomic mass is 35.5. The molecule has 0 aliphatic carbocycles. The second kappa shape index (κ2) is 7.42. The molecule has 132 valence electrons. The number of carbonyl (C=O) groups excluding carboxylic acids is 1. The molecular weight excluding hydrogens is 340 g/mol. The molecule has 1 saturated heterocycles. The number of amides is 1. The fourth-order valence-corrected chi connectivity index (χ4v) is 3.86. The van der Waals surface area contributed by atoms with Crippen LogP contribution in [-0.4, -0.2) is 34.1 Å². The standard InChI is InChI=1S/C19H21ClN2O3/c1-12(14-9-4-7-13-6-2-3-8-15(13)14)21-18-16(17(20)23)10-5-11-22(18)19(24)25/h2-4,6-9,12,16,18,21H,5,10-11H2,1H3,(H,24,25)/t12-,16?,18+/m1/s1. The lowest BCUT2D eigenvalue weighted by atomic mass is 9.93. The average molecular weight is 361 g/mol. The van der Waals surface area contributed by atoms with Crippen molar-refractivity contribution in [3.63, 3.8) is 0 Å². The van der Waals surface area contributed by atoms with Gasteiger partial charge in [-0.05, 0) is 47.7 Å². The molecule has 25 heavy (non-hydrogen) atoms. The minimum absolute atomic E-state index is 0.130. The normalized spacial score (nSPS) is 21.9. The molecule has 2 N–H and O–H groups in total. The molecule has 1 fully saturated rings. The molecule has 0 bridgehead atoms. The second-order valence-corrected chi connectivity index (χ2v) is 6.80. The Morgan fingerprint density at radius 1 is 1.24 bits per heavy atom. The van der Waals surface area contributed by atoms with E-state index in [0.717, 1.165) is 16.3 Å². The zero-order valence-electron chi connectivity index (χ0n) is 14.0. The number of nitrogens with zero attached hydrogens (tertiary/aromatic N) is 1. The van der Waals surface area contributed by atoms with Gasteiger partial charge >= 0.3 is 6.09 Å². The van der Waals surface area contributed by atoms with Gasteiger partial charge in [-0.3, -0.25) is 15.0 Å². The summed E-state index contributed by atoms with van der Waals surface area (Å²) in [5.41, 5.74) is 1.06. The number of benzene rings is 2.